The maximum Gasteiger partial charge on any atom is 0.230 e. The lowest BCUT2D eigenvalue weighted by Gasteiger charge is -2.14. The number of ether oxygens (including phenoxy) is 3. The average Bonchev–Trinajstić information content (AvgIpc) is 3.39. The lowest BCUT2D eigenvalue weighted by atomic mass is 10.2. The average molecular weight is 418 g/mol. The number of aromatic nitrogens is 3. The lowest BCUT2D eigenvalue weighted by molar-refractivity contribution is -0.118. The number of carbonyl (C=O) groups excluding carboxylic acids is 1. The van der Waals surface area contributed by atoms with Crippen molar-refractivity contribution in [1.82, 2.24) is 20.1 Å². The number of amides is 1. The second-order valence-electron chi connectivity index (χ2n) is 5.94. The maximum absolute atomic E-state index is 12.3. The van der Waals surface area contributed by atoms with Crippen molar-refractivity contribution in [3.8, 4) is 28.8 Å². The number of rotatable bonds is 9. The van der Waals surface area contributed by atoms with E-state index in [1.165, 1.54) is 11.8 Å². The van der Waals surface area contributed by atoms with Gasteiger partial charge in [-0.2, -0.15) is 0 Å². The topological polar surface area (TPSA) is 101 Å². The standard InChI is InChI=1S/C19H22N4O5S/c1-23-18(13-6-5-7-28-13)21-22-19(23)29-11-16(24)20-10-12-8-14(25-2)17(27-4)15(9-12)26-3/h5-9H,10-11H2,1-4H3,(H,20,24). The van der Waals surface area contributed by atoms with Gasteiger partial charge in [0, 0.05) is 13.6 Å². The first-order valence-corrected chi connectivity index (χ1v) is 9.67. The number of nitrogens with one attached hydrogen (secondary N) is 1. The molecule has 2 aromatic heterocycles. The second-order valence-corrected chi connectivity index (χ2v) is 6.88. The fourth-order valence-electron chi connectivity index (χ4n) is 2.68. The number of nitrogens with zero attached hydrogens (tertiary/aromatic N) is 3. The van der Waals surface area contributed by atoms with Crippen molar-refractivity contribution in [2.75, 3.05) is 27.1 Å². The summed E-state index contributed by atoms with van der Waals surface area (Å²) >= 11 is 1.30. The molecule has 1 amide bonds. The third kappa shape index (κ3) is 4.65. The van der Waals surface area contributed by atoms with Gasteiger partial charge in [0.15, 0.2) is 28.2 Å². The Bertz CT molecular complexity index is 946. The van der Waals surface area contributed by atoms with Crippen LogP contribution in [0.3, 0.4) is 0 Å². The summed E-state index contributed by atoms with van der Waals surface area (Å²) in [5, 5.41) is 11.7. The van der Waals surface area contributed by atoms with E-state index >= 15 is 0 Å². The summed E-state index contributed by atoms with van der Waals surface area (Å²) in [6.07, 6.45) is 1.58. The fourth-order valence-corrected chi connectivity index (χ4v) is 3.42. The molecule has 0 fully saturated rings. The van der Waals surface area contributed by atoms with Crippen molar-refractivity contribution < 1.29 is 23.4 Å². The summed E-state index contributed by atoms with van der Waals surface area (Å²) in [6, 6.07) is 7.19. The van der Waals surface area contributed by atoms with E-state index in [0.29, 0.717) is 40.5 Å². The van der Waals surface area contributed by atoms with Crippen molar-refractivity contribution >= 4 is 17.7 Å². The first kappa shape index (κ1) is 20.6. The van der Waals surface area contributed by atoms with Crippen LogP contribution in [-0.4, -0.2) is 47.8 Å². The molecule has 10 heteroatoms. The van der Waals surface area contributed by atoms with Crippen LogP contribution in [0.15, 0.2) is 40.1 Å². The van der Waals surface area contributed by atoms with E-state index in [0.717, 1.165) is 5.56 Å². The van der Waals surface area contributed by atoms with Crippen LogP contribution < -0.4 is 19.5 Å². The van der Waals surface area contributed by atoms with Crippen LogP contribution in [-0.2, 0) is 18.4 Å². The van der Waals surface area contributed by atoms with E-state index in [9.17, 15) is 4.79 Å². The zero-order valence-corrected chi connectivity index (χ0v) is 17.4. The lowest BCUT2D eigenvalue weighted by Crippen LogP contribution is -2.24. The third-order valence-electron chi connectivity index (χ3n) is 4.12. The highest BCUT2D eigenvalue weighted by molar-refractivity contribution is 7.99. The normalized spacial score (nSPS) is 10.6. The number of furan rings is 1. The number of hydrogen-bond acceptors (Lipinski definition) is 8. The summed E-state index contributed by atoms with van der Waals surface area (Å²) in [5.74, 6) is 2.88. The number of methoxy groups -OCH3 is 3. The molecular weight excluding hydrogens is 396 g/mol. The van der Waals surface area contributed by atoms with Crippen LogP contribution in [0.4, 0.5) is 0 Å². The quantitative estimate of drug-likeness (QED) is 0.529. The Morgan fingerprint density at radius 2 is 1.90 bits per heavy atom. The van der Waals surface area contributed by atoms with Crippen molar-refractivity contribution in [2.45, 2.75) is 11.7 Å². The van der Waals surface area contributed by atoms with Crippen molar-refractivity contribution in [3.05, 3.63) is 36.1 Å². The van der Waals surface area contributed by atoms with Gasteiger partial charge in [-0.1, -0.05) is 11.8 Å². The Morgan fingerprint density at radius 3 is 2.48 bits per heavy atom. The Kier molecular flexibility index (Phi) is 6.65. The molecule has 0 aliphatic rings. The predicted molar refractivity (Wildman–Crippen MR) is 107 cm³/mol. The van der Waals surface area contributed by atoms with E-state index in [1.54, 1.807) is 50.4 Å². The van der Waals surface area contributed by atoms with Gasteiger partial charge in [0.05, 0.1) is 33.3 Å². The molecule has 0 saturated carbocycles. The first-order valence-electron chi connectivity index (χ1n) is 8.69. The van der Waals surface area contributed by atoms with Crippen LogP contribution >= 0.6 is 11.8 Å². The summed E-state index contributed by atoms with van der Waals surface area (Å²) in [5.41, 5.74) is 0.830. The third-order valence-corrected chi connectivity index (χ3v) is 5.14. The second kappa shape index (κ2) is 9.37. The van der Waals surface area contributed by atoms with Gasteiger partial charge >= 0.3 is 0 Å². The molecule has 0 spiro atoms. The predicted octanol–water partition coefficient (Wildman–Crippen LogP) is 2.51. The van der Waals surface area contributed by atoms with Gasteiger partial charge in [0.1, 0.15) is 0 Å². The highest BCUT2D eigenvalue weighted by Crippen LogP contribution is 2.38. The Labute approximate surface area is 172 Å². The van der Waals surface area contributed by atoms with Gasteiger partial charge in [-0.05, 0) is 29.8 Å². The Balaban J connectivity index is 1.58. The summed E-state index contributed by atoms with van der Waals surface area (Å²) in [6.45, 7) is 0.326. The van der Waals surface area contributed by atoms with Crippen molar-refractivity contribution in [3.63, 3.8) is 0 Å². The summed E-state index contributed by atoms with van der Waals surface area (Å²) in [7, 11) is 6.47. The molecule has 0 unspecified atom stereocenters. The molecule has 1 N–H and O–H groups in total. The zero-order valence-electron chi connectivity index (χ0n) is 16.6. The Morgan fingerprint density at radius 1 is 1.17 bits per heavy atom. The van der Waals surface area contributed by atoms with E-state index in [1.807, 2.05) is 13.1 Å². The first-order chi connectivity index (χ1) is 14.1. The minimum Gasteiger partial charge on any atom is -0.493 e. The fraction of sp³-hybridized carbons (Fsp3) is 0.316. The summed E-state index contributed by atoms with van der Waals surface area (Å²) in [4.78, 5) is 12.3. The zero-order chi connectivity index (χ0) is 20.8. The molecule has 2 heterocycles. The van der Waals surface area contributed by atoms with Crippen LogP contribution in [0.1, 0.15) is 5.56 Å². The largest absolute Gasteiger partial charge is 0.493 e. The molecule has 0 radical (unpaired) electrons. The summed E-state index contributed by atoms with van der Waals surface area (Å²) < 4.78 is 23.1. The molecular formula is C19H22N4O5S. The highest BCUT2D eigenvalue weighted by atomic mass is 32.2. The minimum absolute atomic E-state index is 0.133. The van der Waals surface area contributed by atoms with Crippen LogP contribution in [0.2, 0.25) is 0 Å². The molecule has 154 valence electrons. The molecule has 1 aromatic carbocycles. The number of carbonyl (C=O) groups is 1. The van der Waals surface area contributed by atoms with E-state index in [4.69, 9.17) is 18.6 Å². The minimum atomic E-state index is -0.133. The van der Waals surface area contributed by atoms with Gasteiger partial charge in [0.2, 0.25) is 11.7 Å². The molecule has 0 bridgehead atoms. The molecule has 3 aromatic rings. The van der Waals surface area contributed by atoms with E-state index < -0.39 is 0 Å². The van der Waals surface area contributed by atoms with Gasteiger partial charge in [-0.3, -0.25) is 4.79 Å². The van der Waals surface area contributed by atoms with Gasteiger partial charge in [-0.25, -0.2) is 0 Å². The van der Waals surface area contributed by atoms with Gasteiger partial charge < -0.3 is 28.5 Å². The SMILES string of the molecule is COc1cc(CNC(=O)CSc2nnc(-c3ccco3)n2C)cc(OC)c1OC. The molecule has 0 aliphatic heterocycles. The van der Waals surface area contributed by atoms with E-state index in [2.05, 4.69) is 15.5 Å². The monoisotopic (exact) mass is 418 g/mol. The smallest absolute Gasteiger partial charge is 0.230 e. The molecule has 9 nitrogen and oxygen atoms in total. The number of benzene rings is 1. The number of thioether (sulfide) groups is 1. The maximum atomic E-state index is 12.3. The van der Waals surface area contributed by atoms with Crippen LogP contribution in [0, 0.1) is 0 Å². The van der Waals surface area contributed by atoms with Gasteiger partial charge in [-0.15, -0.1) is 10.2 Å². The highest BCUT2D eigenvalue weighted by Gasteiger charge is 2.16. The van der Waals surface area contributed by atoms with Crippen molar-refractivity contribution in [1.29, 1.82) is 0 Å². The van der Waals surface area contributed by atoms with Crippen molar-refractivity contribution in [2.24, 2.45) is 7.05 Å². The van der Waals surface area contributed by atoms with Gasteiger partial charge in [0.25, 0.3) is 0 Å². The number of hydrogen-bond donors (Lipinski definition) is 1. The molecule has 0 atom stereocenters. The van der Waals surface area contributed by atoms with Crippen LogP contribution in [0.25, 0.3) is 11.6 Å². The van der Waals surface area contributed by atoms with E-state index in [-0.39, 0.29) is 11.7 Å². The van der Waals surface area contributed by atoms with Crippen LogP contribution in [0.5, 0.6) is 17.2 Å². The molecule has 29 heavy (non-hydrogen) atoms. The Hall–Kier alpha value is -3.14. The molecule has 3 rings (SSSR count). The molecule has 0 saturated heterocycles. The molecule has 0 aliphatic carbocycles.